The van der Waals surface area contributed by atoms with E-state index in [0.717, 1.165) is 30.0 Å². The third-order valence-corrected chi connectivity index (χ3v) is 7.00. The Morgan fingerprint density at radius 1 is 1.03 bits per heavy atom. The predicted molar refractivity (Wildman–Crippen MR) is 114 cm³/mol. The molecule has 7 nitrogen and oxygen atoms in total. The van der Waals surface area contributed by atoms with Gasteiger partial charge in [-0.25, -0.2) is 8.42 Å². The molecule has 30 heavy (non-hydrogen) atoms. The molecular weight excluding hydrogens is 404 g/mol. The summed E-state index contributed by atoms with van der Waals surface area (Å²) in [5, 5.41) is 2.93. The Kier molecular flexibility index (Phi) is 6.77. The van der Waals surface area contributed by atoms with Gasteiger partial charge in [0.05, 0.1) is 17.7 Å². The second-order valence-electron chi connectivity index (χ2n) is 7.34. The Morgan fingerprint density at radius 3 is 2.17 bits per heavy atom. The molecule has 1 fully saturated rings. The van der Waals surface area contributed by atoms with Crippen LogP contribution in [-0.4, -0.2) is 39.8 Å². The van der Waals surface area contributed by atoms with Gasteiger partial charge in [0.1, 0.15) is 12.3 Å². The summed E-state index contributed by atoms with van der Waals surface area (Å²) in [6, 6.07) is 12.3. The second-order valence-corrected chi connectivity index (χ2v) is 9.20. The van der Waals surface area contributed by atoms with Gasteiger partial charge in [0.15, 0.2) is 5.78 Å². The van der Waals surface area contributed by atoms with Crippen molar-refractivity contribution in [2.75, 3.05) is 18.0 Å². The lowest BCUT2D eigenvalue weighted by atomic mass is 10.2. The summed E-state index contributed by atoms with van der Waals surface area (Å²) < 4.78 is 33.0. The van der Waals surface area contributed by atoms with Crippen LogP contribution in [0.1, 0.15) is 43.0 Å². The van der Waals surface area contributed by atoms with Crippen LogP contribution >= 0.6 is 0 Å². The number of ketones is 1. The van der Waals surface area contributed by atoms with Crippen LogP contribution in [0, 0.1) is 0 Å². The van der Waals surface area contributed by atoms with Gasteiger partial charge in [-0.3, -0.25) is 13.9 Å². The fourth-order valence-electron chi connectivity index (χ4n) is 3.53. The molecule has 3 rings (SSSR count). The monoisotopic (exact) mass is 430 g/mol. The number of nitrogens with zero attached hydrogens (tertiary/aromatic N) is 1. The summed E-state index contributed by atoms with van der Waals surface area (Å²) in [5.41, 5.74) is 0.775. The highest BCUT2D eigenvalue weighted by Gasteiger charge is 2.28. The number of hydrogen-bond donors (Lipinski definition) is 1. The average molecular weight is 431 g/mol. The van der Waals surface area contributed by atoms with E-state index in [9.17, 15) is 18.0 Å². The van der Waals surface area contributed by atoms with Crippen LogP contribution in [0.5, 0.6) is 5.75 Å². The molecule has 8 heteroatoms. The number of rotatable bonds is 8. The summed E-state index contributed by atoms with van der Waals surface area (Å²) in [4.78, 5) is 24.2. The lowest BCUT2D eigenvalue weighted by molar-refractivity contribution is -0.120. The number of sulfonamides is 1. The third kappa shape index (κ3) is 4.99. The summed E-state index contributed by atoms with van der Waals surface area (Å²) >= 11 is 0. The van der Waals surface area contributed by atoms with Gasteiger partial charge in [0, 0.05) is 11.6 Å². The lowest BCUT2D eigenvalue weighted by Gasteiger charge is -2.25. The Labute approximate surface area is 177 Å². The second kappa shape index (κ2) is 9.30. The van der Waals surface area contributed by atoms with Crippen molar-refractivity contribution < 1.29 is 22.7 Å². The van der Waals surface area contributed by atoms with E-state index in [1.165, 1.54) is 38.3 Å². The van der Waals surface area contributed by atoms with Crippen LogP contribution in [0.25, 0.3) is 0 Å². The fraction of sp³-hybridized carbons (Fsp3) is 0.364. The van der Waals surface area contributed by atoms with Gasteiger partial charge in [0.25, 0.3) is 10.0 Å². The van der Waals surface area contributed by atoms with Crippen molar-refractivity contribution in [2.24, 2.45) is 0 Å². The number of methoxy groups -OCH3 is 1. The topological polar surface area (TPSA) is 92.8 Å². The van der Waals surface area contributed by atoms with E-state index in [2.05, 4.69) is 5.32 Å². The van der Waals surface area contributed by atoms with E-state index >= 15 is 0 Å². The summed E-state index contributed by atoms with van der Waals surface area (Å²) in [6.07, 6.45) is 3.95. The maximum Gasteiger partial charge on any atom is 0.264 e. The van der Waals surface area contributed by atoms with Crippen LogP contribution in [0.4, 0.5) is 5.69 Å². The molecule has 0 atom stereocenters. The third-order valence-electron chi connectivity index (χ3n) is 5.22. The number of anilines is 1. The molecule has 0 heterocycles. The Bertz CT molecular complexity index is 995. The van der Waals surface area contributed by atoms with Crippen molar-refractivity contribution in [2.45, 2.75) is 43.5 Å². The van der Waals surface area contributed by atoms with Crippen LogP contribution in [0.2, 0.25) is 0 Å². The first-order valence-corrected chi connectivity index (χ1v) is 11.3. The molecule has 1 N–H and O–H groups in total. The molecular formula is C22H26N2O5S. The predicted octanol–water partition coefficient (Wildman–Crippen LogP) is 3.15. The van der Waals surface area contributed by atoms with Gasteiger partial charge >= 0.3 is 0 Å². The van der Waals surface area contributed by atoms with Gasteiger partial charge in [-0.05, 0) is 56.2 Å². The van der Waals surface area contributed by atoms with Gasteiger partial charge in [-0.2, -0.15) is 0 Å². The molecule has 1 amide bonds. The first-order chi connectivity index (χ1) is 14.3. The van der Waals surface area contributed by atoms with Crippen LogP contribution in [0.15, 0.2) is 53.4 Å². The van der Waals surface area contributed by atoms with Crippen molar-refractivity contribution in [1.29, 1.82) is 0 Å². The van der Waals surface area contributed by atoms with E-state index in [4.69, 9.17) is 4.74 Å². The highest BCUT2D eigenvalue weighted by molar-refractivity contribution is 7.92. The van der Waals surface area contributed by atoms with Crippen LogP contribution < -0.4 is 14.4 Å². The van der Waals surface area contributed by atoms with Crippen LogP contribution in [-0.2, 0) is 14.8 Å². The molecule has 1 aliphatic carbocycles. The minimum absolute atomic E-state index is 0.0111. The standard InChI is InChI=1S/C22H26N2O5S/c1-16(25)17-7-13-21(14-8-17)30(27,28)24(19-9-11-20(29-2)12-10-19)15-22(26)23-18-5-3-4-6-18/h7-14,18H,3-6,15H2,1-2H3,(H,23,26). The van der Waals surface area contributed by atoms with Crippen molar-refractivity contribution >= 4 is 27.4 Å². The number of Topliss-reactive ketones (excluding diaryl/α,β-unsaturated/α-hetero) is 1. The van der Waals surface area contributed by atoms with Crippen molar-refractivity contribution in [3.05, 3.63) is 54.1 Å². The van der Waals surface area contributed by atoms with E-state index in [1.54, 1.807) is 24.3 Å². The molecule has 2 aromatic rings. The molecule has 1 saturated carbocycles. The van der Waals surface area contributed by atoms with Crippen molar-refractivity contribution in [3.63, 3.8) is 0 Å². The quantitative estimate of drug-likeness (QED) is 0.650. The molecule has 0 saturated heterocycles. The minimum atomic E-state index is -4.02. The fourth-order valence-corrected chi connectivity index (χ4v) is 4.95. The summed E-state index contributed by atoms with van der Waals surface area (Å²) in [6.45, 7) is 1.08. The Balaban J connectivity index is 1.91. The number of nitrogens with one attached hydrogen (secondary N) is 1. The first-order valence-electron chi connectivity index (χ1n) is 9.88. The molecule has 0 spiro atoms. The summed E-state index contributed by atoms with van der Waals surface area (Å²) in [5.74, 6) is 0.0841. The maximum atomic E-state index is 13.4. The van der Waals surface area contributed by atoms with E-state index in [0.29, 0.717) is 17.0 Å². The molecule has 0 aromatic heterocycles. The molecule has 1 aliphatic rings. The maximum absolute atomic E-state index is 13.4. The van der Waals surface area contributed by atoms with E-state index in [1.807, 2.05) is 0 Å². The average Bonchev–Trinajstić information content (AvgIpc) is 3.25. The van der Waals surface area contributed by atoms with Gasteiger partial charge in [0.2, 0.25) is 5.91 Å². The zero-order valence-corrected chi connectivity index (χ0v) is 17.9. The van der Waals surface area contributed by atoms with Crippen molar-refractivity contribution in [1.82, 2.24) is 5.32 Å². The zero-order valence-electron chi connectivity index (χ0n) is 17.1. The Hall–Kier alpha value is -2.87. The highest BCUT2D eigenvalue weighted by Crippen LogP contribution is 2.26. The number of hydrogen-bond acceptors (Lipinski definition) is 5. The number of carbonyl (C=O) groups is 2. The number of amides is 1. The number of ether oxygens (including phenoxy) is 1. The van der Waals surface area contributed by atoms with Gasteiger partial charge in [-0.1, -0.05) is 25.0 Å². The van der Waals surface area contributed by atoms with Gasteiger partial charge < -0.3 is 10.1 Å². The smallest absolute Gasteiger partial charge is 0.264 e. The normalized spacial score (nSPS) is 14.3. The zero-order chi connectivity index (χ0) is 21.7. The molecule has 0 radical (unpaired) electrons. The molecule has 0 bridgehead atoms. The first kappa shape index (κ1) is 21.8. The number of carbonyl (C=O) groups excluding carboxylic acids is 2. The molecule has 0 aliphatic heterocycles. The van der Waals surface area contributed by atoms with E-state index < -0.39 is 10.0 Å². The molecule has 0 unspecified atom stereocenters. The van der Waals surface area contributed by atoms with Crippen molar-refractivity contribution in [3.8, 4) is 5.75 Å². The largest absolute Gasteiger partial charge is 0.497 e. The lowest BCUT2D eigenvalue weighted by Crippen LogP contribution is -2.43. The summed E-state index contributed by atoms with van der Waals surface area (Å²) in [7, 11) is -2.50. The SMILES string of the molecule is COc1ccc(N(CC(=O)NC2CCCC2)S(=O)(=O)c2ccc(C(C)=O)cc2)cc1. The minimum Gasteiger partial charge on any atom is -0.497 e. The van der Waals surface area contributed by atoms with Crippen LogP contribution in [0.3, 0.4) is 0 Å². The Morgan fingerprint density at radius 2 is 1.63 bits per heavy atom. The molecule has 160 valence electrons. The molecule has 2 aromatic carbocycles. The number of benzene rings is 2. The highest BCUT2D eigenvalue weighted by atomic mass is 32.2. The van der Waals surface area contributed by atoms with E-state index in [-0.39, 0.29) is 29.2 Å². The van der Waals surface area contributed by atoms with Gasteiger partial charge in [-0.15, -0.1) is 0 Å².